The smallest absolute Gasteiger partial charge is 0.327 e. The van der Waals surface area contributed by atoms with Crippen molar-refractivity contribution >= 4 is 12.0 Å². The minimum atomic E-state index is -1.13. The van der Waals surface area contributed by atoms with Gasteiger partial charge in [-0.3, -0.25) is 0 Å². The number of carboxylic acid groups (broad SMARTS) is 1. The number of amides is 2. The highest BCUT2D eigenvalue weighted by Crippen LogP contribution is 1.91. The molecule has 0 rings (SSSR count). The molecule has 0 radical (unpaired) electrons. The summed E-state index contributed by atoms with van der Waals surface area (Å²) in [5.74, 6) is 1.09. The van der Waals surface area contributed by atoms with Crippen molar-refractivity contribution in [1.29, 1.82) is 0 Å². The number of rotatable bonds is 9. The molecule has 0 aliphatic carbocycles. The number of nitrogens with one attached hydrogen (secondary N) is 2. The van der Waals surface area contributed by atoms with Gasteiger partial charge in [-0.25, -0.2) is 9.59 Å². The second kappa shape index (κ2) is 10.2. The van der Waals surface area contributed by atoms with Crippen LogP contribution in [0.2, 0.25) is 0 Å². The van der Waals surface area contributed by atoms with E-state index in [1.54, 1.807) is 0 Å². The fraction of sp³-hybridized carbons (Fsp3) is 0.692. The molecule has 0 saturated heterocycles. The molecule has 108 valence electrons. The van der Waals surface area contributed by atoms with Crippen LogP contribution in [-0.4, -0.2) is 54.2 Å². The highest BCUT2D eigenvalue weighted by atomic mass is 16.4. The maximum atomic E-state index is 11.5. The van der Waals surface area contributed by atoms with Crippen molar-refractivity contribution in [3.63, 3.8) is 0 Å². The van der Waals surface area contributed by atoms with Gasteiger partial charge < -0.3 is 20.6 Å². The fourth-order valence-electron chi connectivity index (χ4n) is 1.60. The van der Waals surface area contributed by atoms with Crippen LogP contribution in [0.4, 0.5) is 4.79 Å². The molecule has 0 aliphatic rings. The fourth-order valence-corrected chi connectivity index (χ4v) is 1.60. The molecule has 0 aromatic carbocycles. The Bertz CT molecular complexity index is 326. The van der Waals surface area contributed by atoms with Crippen LogP contribution in [0.25, 0.3) is 0 Å². The summed E-state index contributed by atoms with van der Waals surface area (Å²) >= 11 is 0. The highest BCUT2D eigenvalue weighted by Gasteiger charge is 2.18. The molecule has 1 atom stereocenters. The van der Waals surface area contributed by atoms with Gasteiger partial charge >= 0.3 is 12.0 Å². The zero-order valence-corrected chi connectivity index (χ0v) is 11.6. The Morgan fingerprint density at radius 2 is 2.05 bits per heavy atom. The van der Waals surface area contributed by atoms with Crippen LogP contribution in [-0.2, 0) is 4.79 Å². The SMILES string of the molecule is C#CCC(NC(=O)NCCN(CC)CCC)C(=O)O. The molecule has 0 fully saturated rings. The summed E-state index contributed by atoms with van der Waals surface area (Å²) in [6.45, 7) is 7.27. The van der Waals surface area contributed by atoms with Gasteiger partial charge in [0.2, 0.25) is 0 Å². The largest absolute Gasteiger partial charge is 0.480 e. The summed E-state index contributed by atoms with van der Waals surface area (Å²) < 4.78 is 0. The van der Waals surface area contributed by atoms with Crippen molar-refractivity contribution in [2.45, 2.75) is 32.7 Å². The molecule has 0 saturated carbocycles. The lowest BCUT2D eigenvalue weighted by molar-refractivity contribution is -0.139. The molecule has 6 heteroatoms. The van der Waals surface area contributed by atoms with Crippen molar-refractivity contribution < 1.29 is 14.7 Å². The Labute approximate surface area is 114 Å². The van der Waals surface area contributed by atoms with Crippen LogP contribution in [0, 0.1) is 12.3 Å². The van der Waals surface area contributed by atoms with Gasteiger partial charge in [-0.2, -0.15) is 0 Å². The first-order chi connectivity index (χ1) is 9.04. The summed E-state index contributed by atoms with van der Waals surface area (Å²) in [5, 5.41) is 13.8. The first kappa shape index (κ1) is 17.3. The number of nitrogens with zero attached hydrogens (tertiary/aromatic N) is 1. The van der Waals surface area contributed by atoms with Gasteiger partial charge in [0.25, 0.3) is 0 Å². The van der Waals surface area contributed by atoms with E-state index in [1.807, 2.05) is 0 Å². The lowest BCUT2D eigenvalue weighted by Crippen LogP contribution is -2.47. The summed E-state index contributed by atoms with van der Waals surface area (Å²) in [5.41, 5.74) is 0. The van der Waals surface area contributed by atoms with E-state index >= 15 is 0 Å². The number of terminal acetylenes is 1. The van der Waals surface area contributed by atoms with Crippen LogP contribution in [0.5, 0.6) is 0 Å². The highest BCUT2D eigenvalue weighted by molar-refractivity contribution is 5.82. The van der Waals surface area contributed by atoms with E-state index in [0.29, 0.717) is 6.54 Å². The van der Waals surface area contributed by atoms with E-state index in [0.717, 1.165) is 26.1 Å². The van der Waals surface area contributed by atoms with Crippen LogP contribution in [0.15, 0.2) is 0 Å². The summed E-state index contributed by atoms with van der Waals surface area (Å²) in [7, 11) is 0. The maximum Gasteiger partial charge on any atom is 0.327 e. The quantitative estimate of drug-likeness (QED) is 0.532. The Kier molecular flexibility index (Phi) is 9.27. The predicted octanol–water partition coefficient (Wildman–Crippen LogP) is 0.494. The molecule has 0 bridgehead atoms. The number of likely N-dealkylation sites (N-methyl/N-ethyl adjacent to an activating group) is 1. The van der Waals surface area contributed by atoms with Gasteiger partial charge in [-0.1, -0.05) is 13.8 Å². The van der Waals surface area contributed by atoms with Gasteiger partial charge in [0, 0.05) is 19.5 Å². The first-order valence-corrected chi connectivity index (χ1v) is 6.48. The second-order valence-corrected chi connectivity index (χ2v) is 4.13. The molecular weight excluding hydrogens is 246 g/mol. The van der Waals surface area contributed by atoms with E-state index in [1.165, 1.54) is 0 Å². The lowest BCUT2D eigenvalue weighted by Gasteiger charge is -2.20. The van der Waals surface area contributed by atoms with Crippen molar-refractivity contribution in [2.24, 2.45) is 0 Å². The van der Waals surface area contributed by atoms with Gasteiger partial charge in [0.15, 0.2) is 0 Å². The molecule has 0 aromatic heterocycles. The number of aliphatic carboxylic acids is 1. The zero-order valence-electron chi connectivity index (χ0n) is 11.6. The molecule has 0 heterocycles. The average Bonchev–Trinajstić information content (AvgIpc) is 2.37. The monoisotopic (exact) mass is 269 g/mol. The average molecular weight is 269 g/mol. The van der Waals surface area contributed by atoms with Crippen LogP contribution in [0.1, 0.15) is 26.7 Å². The number of carboxylic acids is 1. The zero-order chi connectivity index (χ0) is 14.7. The Morgan fingerprint density at radius 3 is 2.53 bits per heavy atom. The summed E-state index contributed by atoms with van der Waals surface area (Å²) in [6, 6.07) is -1.54. The minimum absolute atomic E-state index is 0.0281. The molecule has 1 unspecified atom stereocenters. The Hall–Kier alpha value is -1.74. The number of carbonyl (C=O) groups excluding carboxylic acids is 1. The normalized spacial score (nSPS) is 11.7. The molecule has 0 spiro atoms. The number of hydrogen-bond acceptors (Lipinski definition) is 3. The summed E-state index contributed by atoms with van der Waals surface area (Å²) in [6.07, 6.45) is 6.07. The third-order valence-corrected chi connectivity index (χ3v) is 2.63. The van der Waals surface area contributed by atoms with Gasteiger partial charge in [0.05, 0.1) is 0 Å². The summed E-state index contributed by atoms with van der Waals surface area (Å²) in [4.78, 5) is 24.5. The third-order valence-electron chi connectivity index (χ3n) is 2.63. The Balaban J connectivity index is 3.97. The van der Waals surface area contributed by atoms with Crippen molar-refractivity contribution in [1.82, 2.24) is 15.5 Å². The molecule has 19 heavy (non-hydrogen) atoms. The van der Waals surface area contributed by atoms with Crippen LogP contribution < -0.4 is 10.6 Å². The number of carbonyl (C=O) groups is 2. The standard InChI is InChI=1S/C13H23N3O3/c1-4-7-11(12(17)18)15-13(19)14-8-10-16(6-3)9-5-2/h1,11H,5-10H2,2-3H3,(H,17,18)(H2,14,15,19). The molecule has 0 aliphatic heterocycles. The van der Waals surface area contributed by atoms with Crippen LogP contribution >= 0.6 is 0 Å². The minimum Gasteiger partial charge on any atom is -0.480 e. The van der Waals surface area contributed by atoms with E-state index in [2.05, 4.69) is 35.3 Å². The van der Waals surface area contributed by atoms with E-state index < -0.39 is 18.0 Å². The molecule has 3 N–H and O–H groups in total. The molecule has 2 amide bonds. The Morgan fingerprint density at radius 1 is 1.37 bits per heavy atom. The van der Waals surface area contributed by atoms with Gasteiger partial charge in [0.1, 0.15) is 6.04 Å². The predicted molar refractivity (Wildman–Crippen MR) is 73.8 cm³/mol. The molecule has 0 aromatic rings. The maximum absolute atomic E-state index is 11.5. The van der Waals surface area contributed by atoms with Gasteiger partial charge in [-0.15, -0.1) is 12.3 Å². The number of hydrogen-bond donors (Lipinski definition) is 3. The lowest BCUT2D eigenvalue weighted by atomic mass is 10.2. The van der Waals surface area contributed by atoms with E-state index in [4.69, 9.17) is 11.5 Å². The molecular formula is C13H23N3O3. The van der Waals surface area contributed by atoms with E-state index in [9.17, 15) is 9.59 Å². The second-order valence-electron chi connectivity index (χ2n) is 4.13. The van der Waals surface area contributed by atoms with Crippen molar-refractivity contribution in [2.75, 3.05) is 26.2 Å². The first-order valence-electron chi connectivity index (χ1n) is 6.48. The third kappa shape index (κ3) is 8.06. The molecule has 6 nitrogen and oxygen atoms in total. The van der Waals surface area contributed by atoms with Crippen molar-refractivity contribution in [3.8, 4) is 12.3 Å². The van der Waals surface area contributed by atoms with Gasteiger partial charge in [-0.05, 0) is 19.5 Å². The van der Waals surface area contributed by atoms with Crippen LogP contribution in [0.3, 0.4) is 0 Å². The van der Waals surface area contributed by atoms with Crippen molar-refractivity contribution in [3.05, 3.63) is 0 Å². The number of urea groups is 1. The van der Waals surface area contributed by atoms with E-state index in [-0.39, 0.29) is 6.42 Å². The topological polar surface area (TPSA) is 81.7 Å².